The molecule has 2 aromatic carbocycles. The lowest BCUT2D eigenvalue weighted by molar-refractivity contribution is -0.117. The van der Waals surface area contributed by atoms with E-state index < -0.39 is 5.97 Å². The number of benzene rings is 2. The van der Waals surface area contributed by atoms with E-state index in [1.807, 2.05) is 12.1 Å². The van der Waals surface area contributed by atoms with Crippen LogP contribution in [0.4, 0.5) is 5.69 Å². The largest absolute Gasteiger partial charge is 0.465 e. The molecule has 118 valence electrons. The molecule has 0 saturated heterocycles. The Labute approximate surface area is 134 Å². The molecule has 1 N–H and O–H groups in total. The minimum absolute atomic E-state index is 0.144. The molecule has 0 aliphatic carbocycles. The number of hydrogen-bond donors (Lipinski definition) is 1. The van der Waals surface area contributed by atoms with Gasteiger partial charge in [-0.25, -0.2) is 4.79 Å². The molecule has 1 aliphatic rings. The number of anilines is 1. The van der Waals surface area contributed by atoms with Crippen LogP contribution in [0.1, 0.15) is 21.5 Å². The highest BCUT2D eigenvalue weighted by molar-refractivity contribution is 6.01. The van der Waals surface area contributed by atoms with Gasteiger partial charge in [0.05, 0.1) is 24.9 Å². The van der Waals surface area contributed by atoms with Crippen LogP contribution >= 0.6 is 0 Å². The van der Waals surface area contributed by atoms with Crippen LogP contribution < -0.4 is 5.32 Å². The van der Waals surface area contributed by atoms with Gasteiger partial charge in [0.25, 0.3) is 0 Å². The zero-order valence-electron chi connectivity index (χ0n) is 12.9. The zero-order chi connectivity index (χ0) is 16.2. The second-order valence-electron chi connectivity index (χ2n) is 5.50. The predicted molar refractivity (Wildman–Crippen MR) is 87.0 cm³/mol. The second kappa shape index (κ2) is 6.62. The summed E-state index contributed by atoms with van der Waals surface area (Å²) in [5, 5.41) is 2.80. The lowest BCUT2D eigenvalue weighted by Gasteiger charge is -2.15. The number of carbonyl (C=O) groups is 2. The number of hydrogen-bond acceptors (Lipinski definition) is 4. The summed E-state index contributed by atoms with van der Waals surface area (Å²) in [7, 11) is 1.32. The molecule has 0 fully saturated rings. The topological polar surface area (TPSA) is 58.6 Å². The molecular formula is C18H18N2O3. The van der Waals surface area contributed by atoms with Gasteiger partial charge >= 0.3 is 5.97 Å². The minimum atomic E-state index is -0.463. The molecule has 0 radical (unpaired) electrons. The van der Waals surface area contributed by atoms with Gasteiger partial charge in [0.1, 0.15) is 0 Å². The average Bonchev–Trinajstić information content (AvgIpc) is 2.96. The van der Waals surface area contributed by atoms with E-state index in [1.165, 1.54) is 18.2 Å². The third-order valence-electron chi connectivity index (χ3n) is 3.88. The van der Waals surface area contributed by atoms with Crippen molar-refractivity contribution in [2.75, 3.05) is 19.0 Å². The fourth-order valence-electron chi connectivity index (χ4n) is 2.79. The Morgan fingerprint density at radius 1 is 1.04 bits per heavy atom. The van der Waals surface area contributed by atoms with Crippen molar-refractivity contribution < 1.29 is 14.3 Å². The maximum atomic E-state index is 12.3. The Balaban J connectivity index is 1.64. The number of esters is 1. The molecule has 2 aromatic rings. The van der Waals surface area contributed by atoms with E-state index >= 15 is 0 Å². The third-order valence-corrected chi connectivity index (χ3v) is 3.88. The fraction of sp³-hybridized carbons (Fsp3) is 0.222. The highest BCUT2D eigenvalue weighted by Crippen LogP contribution is 2.22. The van der Waals surface area contributed by atoms with Crippen molar-refractivity contribution >= 4 is 17.6 Å². The summed E-state index contributed by atoms with van der Waals surface area (Å²) in [5.41, 5.74) is 3.35. The van der Waals surface area contributed by atoms with Gasteiger partial charge in [0, 0.05) is 13.1 Å². The van der Waals surface area contributed by atoms with Gasteiger partial charge in [-0.05, 0) is 23.3 Å². The molecule has 23 heavy (non-hydrogen) atoms. The molecule has 5 nitrogen and oxygen atoms in total. The normalized spacial score (nSPS) is 13.4. The maximum absolute atomic E-state index is 12.3. The first-order chi connectivity index (χ1) is 11.2. The predicted octanol–water partition coefficient (Wildman–Crippen LogP) is 2.43. The molecule has 0 spiro atoms. The van der Waals surface area contributed by atoms with Gasteiger partial charge in [-0.1, -0.05) is 36.4 Å². The molecule has 3 rings (SSSR count). The Hall–Kier alpha value is -2.66. The lowest BCUT2D eigenvalue weighted by atomic mass is 10.1. The lowest BCUT2D eigenvalue weighted by Crippen LogP contribution is -2.29. The van der Waals surface area contributed by atoms with E-state index in [9.17, 15) is 9.59 Å². The Kier molecular flexibility index (Phi) is 4.39. The quantitative estimate of drug-likeness (QED) is 0.881. The zero-order valence-corrected chi connectivity index (χ0v) is 12.9. The van der Waals surface area contributed by atoms with Crippen LogP contribution in [0.25, 0.3) is 0 Å². The summed E-state index contributed by atoms with van der Waals surface area (Å²) >= 11 is 0. The molecule has 0 bridgehead atoms. The van der Waals surface area contributed by atoms with Crippen LogP contribution in [0.2, 0.25) is 0 Å². The van der Waals surface area contributed by atoms with Crippen LogP contribution in [-0.4, -0.2) is 30.4 Å². The summed E-state index contributed by atoms with van der Waals surface area (Å²) in [6, 6.07) is 15.0. The van der Waals surface area contributed by atoms with Crippen molar-refractivity contribution in [2.24, 2.45) is 0 Å². The molecule has 0 atom stereocenters. The van der Waals surface area contributed by atoms with E-state index in [1.54, 1.807) is 24.3 Å². The fourth-order valence-corrected chi connectivity index (χ4v) is 2.79. The minimum Gasteiger partial charge on any atom is -0.465 e. The van der Waals surface area contributed by atoms with Crippen molar-refractivity contribution in [1.82, 2.24) is 4.90 Å². The molecular weight excluding hydrogens is 292 g/mol. The number of amides is 1. The van der Waals surface area contributed by atoms with Gasteiger partial charge < -0.3 is 10.1 Å². The van der Waals surface area contributed by atoms with E-state index in [0.717, 1.165) is 13.1 Å². The van der Waals surface area contributed by atoms with Gasteiger partial charge in [-0.15, -0.1) is 0 Å². The number of rotatable bonds is 4. The third kappa shape index (κ3) is 3.40. The molecule has 0 saturated carbocycles. The van der Waals surface area contributed by atoms with Gasteiger partial charge in [-0.2, -0.15) is 0 Å². The van der Waals surface area contributed by atoms with Crippen molar-refractivity contribution in [1.29, 1.82) is 0 Å². The van der Waals surface area contributed by atoms with Crippen LogP contribution in [0.15, 0.2) is 48.5 Å². The highest BCUT2D eigenvalue weighted by Gasteiger charge is 2.21. The number of methoxy groups -OCH3 is 1. The summed E-state index contributed by atoms with van der Waals surface area (Å²) in [6.07, 6.45) is 0. The van der Waals surface area contributed by atoms with Crippen molar-refractivity contribution in [2.45, 2.75) is 13.1 Å². The summed E-state index contributed by atoms with van der Waals surface area (Å²) in [6.45, 7) is 1.81. The summed E-state index contributed by atoms with van der Waals surface area (Å²) < 4.78 is 4.73. The number of fused-ring (bicyclic) bond motifs is 1. The Morgan fingerprint density at radius 2 is 1.65 bits per heavy atom. The van der Waals surface area contributed by atoms with Crippen LogP contribution in [0.5, 0.6) is 0 Å². The van der Waals surface area contributed by atoms with Crippen LogP contribution in [-0.2, 0) is 22.6 Å². The van der Waals surface area contributed by atoms with Gasteiger partial charge in [-0.3, -0.25) is 9.69 Å². The van der Waals surface area contributed by atoms with Crippen molar-refractivity contribution in [3.05, 3.63) is 65.2 Å². The monoisotopic (exact) mass is 310 g/mol. The number of carbonyl (C=O) groups excluding carboxylic acids is 2. The van der Waals surface area contributed by atoms with Crippen molar-refractivity contribution in [3.8, 4) is 0 Å². The van der Waals surface area contributed by atoms with Crippen LogP contribution in [0.3, 0.4) is 0 Å². The SMILES string of the molecule is COC(=O)c1ccccc1NC(=O)CN1Cc2ccccc2C1. The number of nitrogens with zero attached hydrogens (tertiary/aromatic N) is 1. The average molecular weight is 310 g/mol. The van der Waals surface area contributed by atoms with Gasteiger partial charge in [0.15, 0.2) is 0 Å². The van der Waals surface area contributed by atoms with Gasteiger partial charge in [0.2, 0.25) is 5.91 Å². The van der Waals surface area contributed by atoms with E-state index in [4.69, 9.17) is 4.74 Å². The molecule has 1 aliphatic heterocycles. The first kappa shape index (κ1) is 15.2. The molecule has 1 amide bonds. The number of ether oxygens (including phenoxy) is 1. The first-order valence-corrected chi connectivity index (χ1v) is 7.43. The van der Waals surface area contributed by atoms with E-state index in [-0.39, 0.29) is 12.5 Å². The maximum Gasteiger partial charge on any atom is 0.339 e. The van der Waals surface area contributed by atoms with E-state index in [0.29, 0.717) is 11.3 Å². The molecule has 5 heteroatoms. The summed E-state index contributed by atoms with van der Waals surface area (Å²) in [5.74, 6) is -0.608. The second-order valence-corrected chi connectivity index (χ2v) is 5.50. The molecule has 0 aromatic heterocycles. The number of para-hydroxylation sites is 1. The van der Waals surface area contributed by atoms with Crippen LogP contribution in [0, 0.1) is 0 Å². The molecule has 1 heterocycles. The number of nitrogens with one attached hydrogen (secondary N) is 1. The van der Waals surface area contributed by atoms with Crippen molar-refractivity contribution in [3.63, 3.8) is 0 Å². The highest BCUT2D eigenvalue weighted by atomic mass is 16.5. The molecule has 0 unspecified atom stereocenters. The first-order valence-electron chi connectivity index (χ1n) is 7.43. The Bertz CT molecular complexity index is 718. The Morgan fingerprint density at radius 3 is 2.30 bits per heavy atom. The summed E-state index contributed by atoms with van der Waals surface area (Å²) in [4.78, 5) is 26.1. The van der Waals surface area contributed by atoms with E-state index in [2.05, 4.69) is 22.3 Å². The smallest absolute Gasteiger partial charge is 0.339 e. The standard InChI is InChI=1S/C18H18N2O3/c1-23-18(22)15-8-4-5-9-16(15)19-17(21)12-20-10-13-6-2-3-7-14(13)11-20/h2-9H,10-12H2,1H3,(H,19,21).